The van der Waals surface area contributed by atoms with Gasteiger partial charge in [0, 0.05) is 12.3 Å². The van der Waals surface area contributed by atoms with Gasteiger partial charge in [-0.3, -0.25) is 14.4 Å². The number of carbonyl (C=O) groups is 3. The van der Waals surface area contributed by atoms with Crippen LogP contribution in [0.2, 0.25) is 0 Å². The molecule has 70 heavy (non-hydrogen) atoms. The largest absolute Gasteiger partial charge is 0.466 e. The number of aliphatic hydroxyl groups is 4. The van der Waals surface area contributed by atoms with Gasteiger partial charge in [0.2, 0.25) is 5.91 Å². The molecule has 0 aromatic carbocycles. The highest BCUT2D eigenvalue weighted by molar-refractivity contribution is 8.00. The maximum atomic E-state index is 13.2. The van der Waals surface area contributed by atoms with Crippen molar-refractivity contribution in [3.05, 3.63) is 24.3 Å². The van der Waals surface area contributed by atoms with Gasteiger partial charge >= 0.3 is 11.9 Å². The standard InChI is InChI=1S/C55H101NO13S/c1-3-5-7-9-11-13-15-17-19-21-23-25-27-29-31-33-35-67-51(59)43-49(55(63)68-36-34-32-30-28-26-24-22-20-18-16-14-12-10-8-6-4-2)70-42-41-65-38-37-64-39-40-66-46-50(58)56-44-47-52(60)54(62)53(61)48(45-57)69-47/h17-20,47-49,52-54,57,60-62H,3-16,21-46H2,1-2H3,(H,56,58)/b19-17-,20-18-/t47-,48+,49?,52-,53-,54+/m0/s1. The number of rotatable bonds is 50. The Labute approximate surface area is 428 Å². The number of hydrogen-bond acceptors (Lipinski definition) is 14. The van der Waals surface area contributed by atoms with Gasteiger partial charge < -0.3 is 54.2 Å². The first-order valence-electron chi connectivity index (χ1n) is 27.8. The third kappa shape index (κ3) is 38.5. The van der Waals surface area contributed by atoms with Gasteiger partial charge in [0.1, 0.15) is 42.4 Å². The minimum atomic E-state index is -1.51. The molecule has 1 heterocycles. The molecule has 0 saturated carbocycles. The number of hydrogen-bond donors (Lipinski definition) is 5. The highest BCUT2D eigenvalue weighted by Gasteiger charge is 2.43. The molecule has 1 fully saturated rings. The summed E-state index contributed by atoms with van der Waals surface area (Å²) in [7, 11) is 0. The minimum absolute atomic E-state index is 0.0435. The number of nitrogens with one attached hydrogen (secondary N) is 1. The second-order valence-electron chi connectivity index (χ2n) is 18.8. The van der Waals surface area contributed by atoms with Crippen LogP contribution in [0.1, 0.15) is 200 Å². The number of aliphatic hydroxyl groups excluding tert-OH is 4. The molecule has 14 nitrogen and oxygen atoms in total. The van der Waals surface area contributed by atoms with Crippen molar-refractivity contribution in [1.82, 2.24) is 5.32 Å². The topological polar surface area (TPSA) is 200 Å². The van der Waals surface area contributed by atoms with Gasteiger partial charge in [-0.05, 0) is 64.2 Å². The van der Waals surface area contributed by atoms with Gasteiger partial charge in [0.25, 0.3) is 0 Å². The predicted molar refractivity (Wildman–Crippen MR) is 281 cm³/mol. The van der Waals surface area contributed by atoms with Crippen LogP contribution in [-0.4, -0.2) is 146 Å². The Hall–Kier alpha value is -2.08. The molecule has 1 aliphatic heterocycles. The lowest BCUT2D eigenvalue weighted by molar-refractivity contribution is -0.227. The number of esters is 2. The van der Waals surface area contributed by atoms with Gasteiger partial charge in [-0.1, -0.05) is 154 Å². The van der Waals surface area contributed by atoms with Gasteiger partial charge in [0.15, 0.2) is 0 Å². The van der Waals surface area contributed by atoms with Crippen molar-refractivity contribution in [2.45, 2.75) is 236 Å². The summed E-state index contributed by atoms with van der Waals surface area (Å²) in [5.74, 6) is -0.766. The van der Waals surface area contributed by atoms with E-state index in [1.54, 1.807) is 0 Å². The number of thioether (sulfide) groups is 1. The Morgan fingerprint density at radius 3 is 1.46 bits per heavy atom. The predicted octanol–water partition coefficient (Wildman–Crippen LogP) is 9.65. The third-order valence-electron chi connectivity index (χ3n) is 12.5. The van der Waals surface area contributed by atoms with E-state index in [0.29, 0.717) is 38.8 Å². The van der Waals surface area contributed by atoms with Crippen LogP contribution in [0.15, 0.2) is 24.3 Å². The summed E-state index contributed by atoms with van der Waals surface area (Å²) in [4.78, 5) is 38.2. The van der Waals surface area contributed by atoms with E-state index in [1.807, 2.05) is 0 Å². The molecule has 0 spiro atoms. The number of allylic oxidation sites excluding steroid dienone is 4. The highest BCUT2D eigenvalue weighted by atomic mass is 32.2. The SMILES string of the molecule is CCCCCCCC/C=C\CCCCCCCCOC(=O)CC(SCCOCCOCCOCC(=O)NC[C@@H]1O[C@H](CO)[C@H](O)[C@H](O)[C@H]1O)C(=O)OCCCCCCCC/C=C\CCCCCCCC. The van der Waals surface area contributed by atoms with E-state index < -0.39 is 54.3 Å². The summed E-state index contributed by atoms with van der Waals surface area (Å²) < 4.78 is 33.2. The average molecular weight is 1020 g/mol. The zero-order valence-electron chi connectivity index (χ0n) is 43.9. The van der Waals surface area contributed by atoms with Crippen molar-refractivity contribution in [2.75, 3.05) is 71.8 Å². The number of unbranched alkanes of at least 4 members (excludes halogenated alkanes) is 24. The van der Waals surface area contributed by atoms with Gasteiger partial charge in [0.05, 0.1) is 59.3 Å². The quantitative estimate of drug-likeness (QED) is 0.0219. The third-order valence-corrected chi connectivity index (χ3v) is 13.6. The van der Waals surface area contributed by atoms with E-state index in [1.165, 1.54) is 140 Å². The van der Waals surface area contributed by atoms with Crippen LogP contribution in [0.25, 0.3) is 0 Å². The second-order valence-corrected chi connectivity index (χ2v) is 20.1. The summed E-state index contributed by atoms with van der Waals surface area (Å²) in [6.07, 6.45) is 36.7. The Morgan fingerprint density at radius 1 is 0.529 bits per heavy atom. The summed E-state index contributed by atoms with van der Waals surface area (Å²) in [6, 6.07) is 0. The molecule has 1 amide bonds. The fourth-order valence-electron chi connectivity index (χ4n) is 8.04. The lowest BCUT2D eigenvalue weighted by atomic mass is 9.95. The first-order chi connectivity index (χ1) is 34.2. The summed E-state index contributed by atoms with van der Waals surface area (Å²) in [5, 5.41) is 41.1. The molecule has 0 aliphatic carbocycles. The first kappa shape index (κ1) is 65.9. The summed E-state index contributed by atoms with van der Waals surface area (Å²) in [6.45, 7) is 5.58. The van der Waals surface area contributed by atoms with E-state index in [2.05, 4.69) is 43.5 Å². The molecule has 0 aromatic rings. The second kappa shape index (κ2) is 49.1. The molecular formula is C55H101NO13S. The lowest BCUT2D eigenvalue weighted by Crippen LogP contribution is -2.60. The van der Waals surface area contributed by atoms with Crippen LogP contribution in [0.5, 0.6) is 0 Å². The zero-order chi connectivity index (χ0) is 51.0. The van der Waals surface area contributed by atoms with Crippen LogP contribution in [0.4, 0.5) is 0 Å². The summed E-state index contributed by atoms with van der Waals surface area (Å²) in [5.41, 5.74) is 0. The Balaban J connectivity index is 2.29. The Morgan fingerprint density at radius 2 is 0.957 bits per heavy atom. The van der Waals surface area contributed by atoms with Crippen molar-refractivity contribution in [2.24, 2.45) is 0 Å². The van der Waals surface area contributed by atoms with Crippen molar-refractivity contribution in [3.63, 3.8) is 0 Å². The Kier molecular flexibility index (Phi) is 46.3. The highest BCUT2D eigenvalue weighted by Crippen LogP contribution is 2.21. The fourth-order valence-corrected chi connectivity index (χ4v) is 8.99. The monoisotopic (exact) mass is 1020 g/mol. The Bertz CT molecular complexity index is 1270. The molecule has 0 aromatic heterocycles. The molecule has 5 N–H and O–H groups in total. The first-order valence-corrected chi connectivity index (χ1v) is 28.8. The van der Waals surface area contributed by atoms with Crippen molar-refractivity contribution < 1.29 is 63.2 Å². The molecule has 6 atom stereocenters. The van der Waals surface area contributed by atoms with Gasteiger partial charge in [-0.25, -0.2) is 0 Å². The van der Waals surface area contributed by atoms with Crippen molar-refractivity contribution in [1.29, 1.82) is 0 Å². The van der Waals surface area contributed by atoms with Crippen LogP contribution in [-0.2, 0) is 42.8 Å². The number of ether oxygens (including phenoxy) is 6. The molecule has 15 heteroatoms. The van der Waals surface area contributed by atoms with Gasteiger partial charge in [-0.2, -0.15) is 0 Å². The molecule has 1 aliphatic rings. The molecular weight excluding hydrogens is 915 g/mol. The van der Waals surface area contributed by atoms with Crippen LogP contribution in [0, 0.1) is 0 Å². The summed E-state index contributed by atoms with van der Waals surface area (Å²) >= 11 is 1.34. The van der Waals surface area contributed by atoms with E-state index in [0.717, 1.165) is 51.4 Å². The smallest absolute Gasteiger partial charge is 0.319 e. The molecule has 1 rings (SSSR count). The normalized spacial score (nSPS) is 18.7. The molecule has 1 unspecified atom stereocenters. The van der Waals surface area contributed by atoms with E-state index in [-0.39, 0.29) is 38.8 Å². The number of amides is 1. The van der Waals surface area contributed by atoms with E-state index in [9.17, 15) is 34.8 Å². The number of carbonyl (C=O) groups excluding carboxylic acids is 3. The van der Waals surface area contributed by atoms with E-state index >= 15 is 0 Å². The lowest BCUT2D eigenvalue weighted by Gasteiger charge is -2.40. The zero-order valence-corrected chi connectivity index (χ0v) is 44.7. The fraction of sp³-hybridized carbons (Fsp3) is 0.873. The molecule has 1 saturated heterocycles. The molecule has 0 radical (unpaired) electrons. The molecule has 0 bridgehead atoms. The molecule has 410 valence electrons. The van der Waals surface area contributed by atoms with Gasteiger partial charge in [-0.15, -0.1) is 11.8 Å². The van der Waals surface area contributed by atoms with Crippen LogP contribution in [0.3, 0.4) is 0 Å². The average Bonchev–Trinajstić information content (AvgIpc) is 3.36. The minimum Gasteiger partial charge on any atom is -0.466 e. The van der Waals surface area contributed by atoms with Crippen LogP contribution >= 0.6 is 11.8 Å². The van der Waals surface area contributed by atoms with Crippen molar-refractivity contribution >= 4 is 29.6 Å². The maximum Gasteiger partial charge on any atom is 0.319 e. The maximum absolute atomic E-state index is 13.2. The van der Waals surface area contributed by atoms with E-state index in [4.69, 9.17) is 28.4 Å². The van der Waals surface area contributed by atoms with Crippen molar-refractivity contribution in [3.8, 4) is 0 Å². The van der Waals surface area contributed by atoms with Crippen LogP contribution < -0.4 is 5.32 Å².